The second-order valence-corrected chi connectivity index (χ2v) is 4.03. The molecule has 2 rings (SSSR count). The molecule has 16 heavy (non-hydrogen) atoms. The number of nitrogens with two attached hydrogens (primary N) is 1. The standard InChI is InChI=1S/C12H13ClN2O/c1-8-5-12(10(13)6-11(8)14)15-7-9-3-2-4-16-9/h2-6,15H,7,14H2,1H3. The molecule has 0 saturated carbocycles. The summed E-state index contributed by atoms with van der Waals surface area (Å²) in [5, 5.41) is 3.82. The average molecular weight is 237 g/mol. The lowest BCUT2D eigenvalue weighted by Crippen LogP contribution is -2.00. The van der Waals surface area contributed by atoms with Gasteiger partial charge in [0.1, 0.15) is 5.76 Å². The summed E-state index contributed by atoms with van der Waals surface area (Å²) < 4.78 is 5.22. The zero-order chi connectivity index (χ0) is 11.5. The summed E-state index contributed by atoms with van der Waals surface area (Å²) in [6.07, 6.45) is 1.65. The van der Waals surface area contributed by atoms with Crippen LogP contribution in [0.2, 0.25) is 5.02 Å². The van der Waals surface area contributed by atoms with Gasteiger partial charge in [0, 0.05) is 5.69 Å². The molecule has 0 aliphatic carbocycles. The maximum absolute atomic E-state index is 6.07. The first-order valence-electron chi connectivity index (χ1n) is 4.98. The van der Waals surface area contributed by atoms with Gasteiger partial charge < -0.3 is 15.5 Å². The van der Waals surface area contributed by atoms with Crippen LogP contribution in [0.5, 0.6) is 0 Å². The summed E-state index contributed by atoms with van der Waals surface area (Å²) in [6, 6.07) is 7.44. The van der Waals surface area contributed by atoms with E-state index in [-0.39, 0.29) is 0 Å². The average Bonchev–Trinajstić information content (AvgIpc) is 2.74. The Kier molecular flexibility index (Phi) is 3.06. The third kappa shape index (κ3) is 2.31. The molecule has 84 valence electrons. The number of furan rings is 1. The van der Waals surface area contributed by atoms with Crippen LogP contribution in [-0.4, -0.2) is 0 Å². The number of nitrogens with one attached hydrogen (secondary N) is 1. The molecule has 0 spiro atoms. The van der Waals surface area contributed by atoms with Gasteiger partial charge in [-0.15, -0.1) is 0 Å². The van der Waals surface area contributed by atoms with E-state index in [0.29, 0.717) is 17.3 Å². The maximum Gasteiger partial charge on any atom is 0.122 e. The third-order valence-corrected chi connectivity index (χ3v) is 2.70. The van der Waals surface area contributed by atoms with Gasteiger partial charge in [-0.3, -0.25) is 0 Å². The fourth-order valence-electron chi connectivity index (χ4n) is 1.43. The van der Waals surface area contributed by atoms with Crippen molar-refractivity contribution in [3.8, 4) is 0 Å². The van der Waals surface area contributed by atoms with E-state index in [2.05, 4.69) is 5.32 Å². The minimum Gasteiger partial charge on any atom is -0.467 e. The topological polar surface area (TPSA) is 51.2 Å². The molecular weight excluding hydrogens is 224 g/mol. The van der Waals surface area contributed by atoms with Crippen LogP contribution in [0.3, 0.4) is 0 Å². The summed E-state index contributed by atoms with van der Waals surface area (Å²) in [4.78, 5) is 0. The molecule has 0 aliphatic rings. The van der Waals surface area contributed by atoms with Crippen LogP contribution in [0.4, 0.5) is 11.4 Å². The molecule has 1 aromatic heterocycles. The van der Waals surface area contributed by atoms with Crippen molar-refractivity contribution < 1.29 is 4.42 Å². The Bertz CT molecular complexity index is 480. The molecule has 3 N–H and O–H groups in total. The van der Waals surface area contributed by atoms with Crippen molar-refractivity contribution >= 4 is 23.0 Å². The van der Waals surface area contributed by atoms with Crippen molar-refractivity contribution in [1.29, 1.82) is 0 Å². The van der Waals surface area contributed by atoms with Gasteiger partial charge in [0.25, 0.3) is 0 Å². The lowest BCUT2D eigenvalue weighted by Gasteiger charge is -2.09. The monoisotopic (exact) mass is 236 g/mol. The number of nitrogen functional groups attached to an aromatic ring is 1. The number of anilines is 2. The van der Waals surface area contributed by atoms with Gasteiger partial charge >= 0.3 is 0 Å². The highest BCUT2D eigenvalue weighted by molar-refractivity contribution is 6.33. The SMILES string of the molecule is Cc1cc(NCc2ccco2)c(Cl)cc1N. The summed E-state index contributed by atoms with van der Waals surface area (Å²) in [7, 11) is 0. The molecule has 2 aromatic rings. The van der Waals surface area contributed by atoms with Crippen LogP contribution >= 0.6 is 11.6 Å². The second-order valence-electron chi connectivity index (χ2n) is 3.62. The second kappa shape index (κ2) is 4.49. The van der Waals surface area contributed by atoms with Gasteiger partial charge in [0.2, 0.25) is 0 Å². The van der Waals surface area contributed by atoms with E-state index in [1.54, 1.807) is 12.3 Å². The van der Waals surface area contributed by atoms with Crippen LogP contribution in [0.1, 0.15) is 11.3 Å². The van der Waals surface area contributed by atoms with E-state index in [9.17, 15) is 0 Å². The van der Waals surface area contributed by atoms with E-state index in [1.807, 2.05) is 25.1 Å². The Labute approximate surface area is 99.2 Å². The molecule has 0 saturated heterocycles. The number of hydrogen-bond donors (Lipinski definition) is 2. The van der Waals surface area contributed by atoms with Crippen molar-refractivity contribution in [2.75, 3.05) is 11.1 Å². The van der Waals surface area contributed by atoms with Gasteiger partial charge in [-0.05, 0) is 36.8 Å². The van der Waals surface area contributed by atoms with Crippen LogP contribution in [0.15, 0.2) is 34.9 Å². The number of aryl methyl sites for hydroxylation is 1. The highest BCUT2D eigenvalue weighted by Crippen LogP contribution is 2.27. The highest BCUT2D eigenvalue weighted by Gasteiger charge is 2.04. The minimum absolute atomic E-state index is 0.607. The zero-order valence-electron chi connectivity index (χ0n) is 8.96. The van der Waals surface area contributed by atoms with Gasteiger partial charge in [-0.1, -0.05) is 11.6 Å². The van der Waals surface area contributed by atoms with Gasteiger partial charge in [-0.25, -0.2) is 0 Å². The van der Waals surface area contributed by atoms with Crippen LogP contribution in [0.25, 0.3) is 0 Å². The molecule has 1 heterocycles. The highest BCUT2D eigenvalue weighted by atomic mass is 35.5. The number of hydrogen-bond acceptors (Lipinski definition) is 3. The first-order valence-corrected chi connectivity index (χ1v) is 5.36. The molecule has 0 fully saturated rings. The molecule has 0 aliphatic heterocycles. The molecule has 4 heteroatoms. The molecule has 3 nitrogen and oxygen atoms in total. The van der Waals surface area contributed by atoms with E-state index in [4.69, 9.17) is 21.8 Å². The molecule has 0 atom stereocenters. The smallest absolute Gasteiger partial charge is 0.122 e. The van der Waals surface area contributed by atoms with E-state index < -0.39 is 0 Å². The molecule has 1 aromatic carbocycles. The van der Waals surface area contributed by atoms with Crippen molar-refractivity contribution in [2.24, 2.45) is 0 Å². The lowest BCUT2D eigenvalue weighted by atomic mass is 10.2. The predicted molar refractivity (Wildman–Crippen MR) is 66.6 cm³/mol. The molecular formula is C12H13ClN2O. The van der Waals surface area contributed by atoms with E-state index in [1.165, 1.54) is 0 Å². The summed E-state index contributed by atoms with van der Waals surface area (Å²) >= 11 is 6.07. The summed E-state index contributed by atoms with van der Waals surface area (Å²) in [5.41, 5.74) is 8.32. The third-order valence-electron chi connectivity index (χ3n) is 2.39. The Balaban J connectivity index is 2.12. The van der Waals surface area contributed by atoms with Gasteiger partial charge in [-0.2, -0.15) is 0 Å². The van der Waals surface area contributed by atoms with Gasteiger partial charge in [0.05, 0.1) is 23.5 Å². The van der Waals surface area contributed by atoms with E-state index >= 15 is 0 Å². The van der Waals surface area contributed by atoms with E-state index in [0.717, 1.165) is 17.0 Å². The van der Waals surface area contributed by atoms with Crippen LogP contribution in [-0.2, 0) is 6.54 Å². The molecule has 0 unspecified atom stereocenters. The largest absolute Gasteiger partial charge is 0.467 e. The zero-order valence-corrected chi connectivity index (χ0v) is 9.71. The first kappa shape index (κ1) is 10.9. The lowest BCUT2D eigenvalue weighted by molar-refractivity contribution is 0.518. The van der Waals surface area contributed by atoms with Crippen LogP contribution < -0.4 is 11.1 Å². The van der Waals surface area contributed by atoms with Crippen molar-refractivity contribution in [2.45, 2.75) is 13.5 Å². The van der Waals surface area contributed by atoms with Crippen molar-refractivity contribution in [3.05, 3.63) is 46.9 Å². The Hall–Kier alpha value is -1.61. The number of benzene rings is 1. The Morgan fingerprint density at radius 3 is 2.94 bits per heavy atom. The summed E-state index contributed by atoms with van der Waals surface area (Å²) in [5.74, 6) is 0.866. The number of halogens is 1. The van der Waals surface area contributed by atoms with Gasteiger partial charge in [0.15, 0.2) is 0 Å². The Morgan fingerprint density at radius 2 is 2.25 bits per heavy atom. The number of rotatable bonds is 3. The first-order chi connectivity index (χ1) is 7.66. The molecule has 0 radical (unpaired) electrons. The molecule has 0 amide bonds. The van der Waals surface area contributed by atoms with Crippen LogP contribution in [0, 0.1) is 6.92 Å². The van der Waals surface area contributed by atoms with Crippen molar-refractivity contribution in [1.82, 2.24) is 0 Å². The Morgan fingerprint density at radius 1 is 1.44 bits per heavy atom. The fourth-order valence-corrected chi connectivity index (χ4v) is 1.67. The quantitative estimate of drug-likeness (QED) is 0.803. The minimum atomic E-state index is 0.607. The maximum atomic E-state index is 6.07. The van der Waals surface area contributed by atoms with Crippen molar-refractivity contribution in [3.63, 3.8) is 0 Å². The fraction of sp³-hybridized carbons (Fsp3) is 0.167. The molecule has 0 bridgehead atoms. The normalized spacial score (nSPS) is 10.4. The predicted octanol–water partition coefficient (Wildman–Crippen LogP) is 3.44. The summed E-state index contributed by atoms with van der Waals surface area (Å²) in [6.45, 7) is 2.56.